The molecule has 0 saturated heterocycles. The monoisotopic (exact) mass is 1090 g/mol. The fraction of sp³-hybridized carbons (Fsp3) is 0.254. The highest BCUT2D eigenvalue weighted by Crippen LogP contribution is 2.49. The Bertz CT molecular complexity index is 3950. The zero-order chi connectivity index (χ0) is 57.5. The van der Waals surface area contributed by atoms with Crippen molar-refractivity contribution in [3.8, 4) is 18.2 Å². The lowest BCUT2D eigenvalue weighted by Crippen LogP contribution is -2.00. The van der Waals surface area contributed by atoms with Crippen molar-refractivity contribution in [3.05, 3.63) is 197 Å². The van der Waals surface area contributed by atoms with E-state index in [0.29, 0.717) is 39.7 Å². The van der Waals surface area contributed by atoms with E-state index in [0.717, 1.165) is 34.5 Å². The summed E-state index contributed by atoms with van der Waals surface area (Å²) in [5.74, 6) is -1.94. The van der Waals surface area contributed by atoms with E-state index in [1.54, 1.807) is 60.7 Å². The molecular formula is C59H48F2N10O4S3. The molecule has 0 spiro atoms. The van der Waals surface area contributed by atoms with Gasteiger partial charge in [-0.05, 0) is 64.5 Å². The molecule has 4 aromatic carbocycles. The number of allylic oxidation sites excluding steroid dienone is 11. The summed E-state index contributed by atoms with van der Waals surface area (Å²) in [6, 6.07) is 20.7. The summed E-state index contributed by atoms with van der Waals surface area (Å²) >= 11 is 2.56. The van der Waals surface area contributed by atoms with Crippen LogP contribution in [0.2, 0.25) is 0 Å². The number of carbonyl (C=O) groups excluding carboxylic acids is 2. The Balaban J connectivity index is 0.000000168. The van der Waals surface area contributed by atoms with Gasteiger partial charge in [0.15, 0.2) is 23.2 Å². The highest BCUT2D eigenvalue weighted by Gasteiger charge is 2.38. The zero-order valence-electron chi connectivity index (χ0n) is 44.0. The number of sulfone groups is 1. The van der Waals surface area contributed by atoms with Crippen LogP contribution in [0.25, 0.3) is 42.3 Å². The molecule has 14 nitrogen and oxygen atoms in total. The lowest BCUT2D eigenvalue weighted by Gasteiger charge is -2.15. The quantitative estimate of drug-likeness (QED) is 0.0914. The lowest BCUT2D eigenvalue weighted by molar-refractivity contribution is 0.103. The summed E-state index contributed by atoms with van der Waals surface area (Å²) in [6.45, 7) is 41.2. The third-order valence-electron chi connectivity index (χ3n) is 12.0. The lowest BCUT2D eigenvalue weighted by atomic mass is 9.91. The van der Waals surface area contributed by atoms with E-state index in [1.807, 2.05) is 59.8 Å². The number of Topliss-reactive ketones (excluding diaryl/α,β-unsaturated/α-hetero) is 2. The first-order chi connectivity index (χ1) is 37.0. The molecule has 0 atom stereocenters. The molecule has 0 fully saturated rings. The maximum Gasteiger partial charge on any atom is 0.270 e. The number of halogens is 2. The molecule has 390 valence electrons. The van der Waals surface area contributed by atoms with Gasteiger partial charge in [0, 0.05) is 50.1 Å². The Hall–Kier alpha value is -8.95. The molecule has 0 bridgehead atoms. The third kappa shape index (κ3) is 11.3. The second kappa shape index (κ2) is 24.4. The number of nitriles is 3. The van der Waals surface area contributed by atoms with Gasteiger partial charge < -0.3 is 0 Å². The highest BCUT2D eigenvalue weighted by molar-refractivity contribution is 7.96. The molecule has 19 heteroatoms. The zero-order valence-corrected chi connectivity index (χ0v) is 46.4. The van der Waals surface area contributed by atoms with Crippen molar-refractivity contribution >= 4 is 83.6 Å². The maximum absolute atomic E-state index is 13.4. The minimum Gasteiger partial charge on any atom is -0.289 e. The number of carbonyl (C=O) groups is 2. The molecule has 2 aliphatic carbocycles. The van der Waals surface area contributed by atoms with Gasteiger partial charge in [-0.1, -0.05) is 130 Å². The smallest absolute Gasteiger partial charge is 0.270 e. The fourth-order valence-electron chi connectivity index (χ4n) is 8.97. The van der Waals surface area contributed by atoms with Crippen LogP contribution < -0.4 is 0 Å². The minimum atomic E-state index is -3.65. The molecule has 0 radical (unpaired) electrons. The summed E-state index contributed by atoms with van der Waals surface area (Å²) in [5, 5.41) is 27.2. The van der Waals surface area contributed by atoms with Crippen LogP contribution in [0.5, 0.6) is 0 Å². The predicted octanol–water partition coefficient (Wildman–Crippen LogP) is 15.3. The third-order valence-corrected chi connectivity index (χ3v) is 14.9. The van der Waals surface area contributed by atoms with Gasteiger partial charge in [0.1, 0.15) is 22.4 Å². The number of nitrogens with zero attached hydrogens (tertiary/aromatic N) is 10. The number of benzene rings is 4. The van der Waals surface area contributed by atoms with E-state index in [-0.39, 0.29) is 78.3 Å². The average molecular weight is 1100 g/mol. The van der Waals surface area contributed by atoms with E-state index in [1.165, 1.54) is 40.3 Å². The van der Waals surface area contributed by atoms with E-state index >= 15 is 0 Å². The van der Waals surface area contributed by atoms with Crippen LogP contribution in [-0.2, 0) is 21.2 Å². The fourth-order valence-corrected chi connectivity index (χ4v) is 12.0. The van der Waals surface area contributed by atoms with Crippen LogP contribution in [-0.4, -0.2) is 28.7 Å². The van der Waals surface area contributed by atoms with E-state index < -0.39 is 27.3 Å². The molecule has 1 aromatic heterocycles. The largest absolute Gasteiger partial charge is 0.289 e. The van der Waals surface area contributed by atoms with Crippen molar-refractivity contribution in [1.29, 1.82) is 15.8 Å². The summed E-state index contributed by atoms with van der Waals surface area (Å²) in [5.41, 5.74) is 9.09. The topological polar surface area (TPSA) is 203 Å². The summed E-state index contributed by atoms with van der Waals surface area (Å²) in [6.07, 6.45) is 5.00. The van der Waals surface area contributed by atoms with Crippen LogP contribution in [0.4, 0.5) is 20.2 Å². The van der Waals surface area contributed by atoms with Crippen LogP contribution in [0, 0.1) is 83.1 Å². The molecule has 0 unspecified atom stereocenters. The predicted molar refractivity (Wildman–Crippen MR) is 298 cm³/mol. The first-order valence-corrected chi connectivity index (χ1v) is 27.1. The Morgan fingerprint density at radius 2 is 0.974 bits per heavy atom. The molecule has 2 aliphatic heterocycles. The summed E-state index contributed by atoms with van der Waals surface area (Å²) < 4.78 is 69.8. The average Bonchev–Trinajstić information content (AvgIpc) is 4.30. The second-order valence-electron chi connectivity index (χ2n) is 19.3. The Labute approximate surface area is 460 Å². The van der Waals surface area contributed by atoms with Gasteiger partial charge in [0.2, 0.25) is 9.84 Å². The van der Waals surface area contributed by atoms with Crippen molar-refractivity contribution < 1.29 is 26.8 Å². The van der Waals surface area contributed by atoms with Crippen LogP contribution in [0.1, 0.15) is 130 Å². The van der Waals surface area contributed by atoms with Crippen LogP contribution in [0.3, 0.4) is 0 Å². The van der Waals surface area contributed by atoms with Gasteiger partial charge in [0.05, 0.1) is 70.8 Å². The number of hydrogen-bond acceptors (Lipinski definition) is 12. The van der Waals surface area contributed by atoms with Crippen molar-refractivity contribution in [2.24, 2.45) is 26.5 Å². The number of hydrogen-bond donors (Lipinski definition) is 0. The molecule has 9 rings (SSSR count). The molecule has 4 aliphatic rings. The standard InChI is InChI=1S/C16H10F2N2O.C16H12N2O.C15H12N2O2S.C12H14N4S2/c1-8(2)4-11-15(14(7-19)20-3)9-5-12(17)13(18)6-10(9)16(11)21;1-10(2)8-13-15(14(9-17)18-3)11-6-4-5-7-12(11)16(13)19;1-10(2)8-14-15(12(9-16)17-3)11-6-4-5-7-13(11)20(14,18)19;1-5(2)7-9-11(15-17-13-9)8(6(3)4)12-10(7)14-18-16-12/h4-6,8H,1-2H3;4-8,10H,1-2H3;4-8,10H,1-2H3;5-6H,1-4H3/b11-4-,15-14+;13-8-,15-14+;14-8-,15-12+;. The van der Waals surface area contributed by atoms with Gasteiger partial charge in [-0.25, -0.2) is 47.5 Å². The Morgan fingerprint density at radius 3 is 1.41 bits per heavy atom. The molecule has 0 amide bonds. The van der Waals surface area contributed by atoms with Crippen molar-refractivity contribution in [1.82, 2.24) is 8.75 Å². The Kier molecular flexibility index (Phi) is 18.2. The van der Waals surface area contributed by atoms with Crippen LogP contribution >= 0.6 is 11.7 Å². The van der Waals surface area contributed by atoms with Crippen molar-refractivity contribution in [2.45, 2.75) is 86.0 Å². The van der Waals surface area contributed by atoms with Crippen molar-refractivity contribution in [3.63, 3.8) is 0 Å². The molecular weight excluding hydrogens is 1050 g/mol. The number of rotatable bonds is 5. The Morgan fingerprint density at radius 1 is 0.577 bits per heavy atom. The molecule has 78 heavy (non-hydrogen) atoms. The maximum atomic E-state index is 13.4. The normalized spacial score (nSPS) is 17.6. The van der Waals surface area contributed by atoms with E-state index in [9.17, 15) is 26.8 Å². The van der Waals surface area contributed by atoms with Gasteiger partial charge >= 0.3 is 0 Å². The van der Waals surface area contributed by atoms with Gasteiger partial charge in [0.25, 0.3) is 17.1 Å². The minimum absolute atomic E-state index is 0.00485. The molecule has 3 heterocycles. The van der Waals surface area contributed by atoms with Crippen molar-refractivity contribution in [2.75, 3.05) is 0 Å². The molecule has 0 N–H and O–H groups in total. The first kappa shape index (κ1) is 58.3. The highest BCUT2D eigenvalue weighted by atomic mass is 32.2. The van der Waals surface area contributed by atoms with Gasteiger partial charge in [-0.15, -0.1) is 0 Å². The van der Waals surface area contributed by atoms with Gasteiger partial charge in [-0.3, -0.25) is 9.59 Å². The number of aromatic nitrogens is 2. The molecule has 5 aromatic rings. The van der Waals surface area contributed by atoms with E-state index in [2.05, 4.69) is 59.7 Å². The summed E-state index contributed by atoms with van der Waals surface area (Å²) in [4.78, 5) is 34.5. The summed E-state index contributed by atoms with van der Waals surface area (Å²) in [7, 11) is -3.65. The number of fused-ring (bicyclic) bond motifs is 5. The second-order valence-corrected chi connectivity index (χ2v) is 22.3. The van der Waals surface area contributed by atoms with Crippen LogP contribution in [0.15, 0.2) is 126 Å². The van der Waals surface area contributed by atoms with E-state index in [4.69, 9.17) is 35.5 Å². The SMILES string of the molecule is CC(C)c1c2c(c(C(C)C)c3nsnc13)N=S=N2.[C-]#[N+]/C(C#N)=C1/C(=C/C(C)C)C(=O)c2cc(F)c(F)cc21.[C-]#[N+]/C(C#N)=C1/C(=C/C(C)C)C(=O)c2ccccc21.[C-]#[N+]/C(C#N)=C1/C(=C/C(C)C)S(=O)(=O)c2ccccc21. The first-order valence-electron chi connectivity index (χ1n) is 24.2. The number of ketones is 2. The van der Waals surface area contributed by atoms with Gasteiger partial charge in [-0.2, -0.15) is 17.5 Å². The molecule has 0 saturated carbocycles.